The number of hydrogen-bond acceptors (Lipinski definition) is 2. The van der Waals surface area contributed by atoms with E-state index in [9.17, 15) is 4.79 Å². The van der Waals surface area contributed by atoms with Crippen molar-refractivity contribution in [2.24, 2.45) is 5.73 Å². The van der Waals surface area contributed by atoms with Gasteiger partial charge in [0, 0.05) is 18.2 Å². The Hall–Kier alpha value is -1.35. The molecule has 0 atom stereocenters. The van der Waals surface area contributed by atoms with Crippen LogP contribution in [0.15, 0.2) is 18.2 Å². The Morgan fingerprint density at radius 2 is 2.19 bits per heavy atom. The van der Waals surface area contributed by atoms with Crippen molar-refractivity contribution in [3.63, 3.8) is 0 Å². The lowest BCUT2D eigenvalue weighted by Crippen LogP contribution is -2.25. The number of nitrogens with zero attached hydrogens (tertiary/aromatic N) is 1. The van der Waals surface area contributed by atoms with Crippen LogP contribution in [-0.4, -0.2) is 23.4 Å². The van der Waals surface area contributed by atoms with Gasteiger partial charge in [-0.05, 0) is 43.0 Å². The van der Waals surface area contributed by atoms with Crippen LogP contribution in [0.5, 0.6) is 0 Å². The molecule has 1 aromatic rings. The molecule has 1 amide bonds. The lowest BCUT2D eigenvalue weighted by atomic mass is 10.0. The zero-order valence-electron chi connectivity index (χ0n) is 9.28. The van der Waals surface area contributed by atoms with Gasteiger partial charge in [-0.25, -0.2) is 0 Å². The molecule has 3 heteroatoms. The molecule has 16 heavy (non-hydrogen) atoms. The lowest BCUT2D eigenvalue weighted by Gasteiger charge is -2.13. The second-order valence-corrected chi connectivity index (χ2v) is 4.69. The number of amides is 1. The summed E-state index contributed by atoms with van der Waals surface area (Å²) in [5.41, 5.74) is 8.78. The summed E-state index contributed by atoms with van der Waals surface area (Å²) in [7, 11) is 0. The summed E-state index contributed by atoms with van der Waals surface area (Å²) in [6, 6.07) is 6.71. The molecule has 1 aliphatic carbocycles. The van der Waals surface area contributed by atoms with Crippen LogP contribution < -0.4 is 5.73 Å². The van der Waals surface area contributed by atoms with Gasteiger partial charge in [-0.2, -0.15) is 0 Å². The van der Waals surface area contributed by atoms with Crippen molar-refractivity contribution in [3.8, 4) is 0 Å². The van der Waals surface area contributed by atoms with E-state index in [1.165, 1.54) is 24.0 Å². The normalized spacial score (nSPS) is 19.1. The third-order valence-corrected chi connectivity index (χ3v) is 3.43. The molecule has 2 aliphatic rings. The van der Waals surface area contributed by atoms with Crippen LogP contribution in [-0.2, 0) is 13.0 Å². The van der Waals surface area contributed by atoms with E-state index < -0.39 is 0 Å². The molecule has 0 radical (unpaired) electrons. The molecular formula is C13H16N2O. The quantitative estimate of drug-likeness (QED) is 0.828. The first kappa shape index (κ1) is 9.85. The monoisotopic (exact) mass is 216 g/mol. The third-order valence-electron chi connectivity index (χ3n) is 3.43. The summed E-state index contributed by atoms with van der Waals surface area (Å²) in [6.45, 7) is 1.45. The molecule has 0 aromatic heterocycles. The molecule has 1 saturated carbocycles. The molecule has 3 nitrogen and oxygen atoms in total. The minimum Gasteiger partial charge on any atom is -0.331 e. The number of benzene rings is 1. The van der Waals surface area contributed by atoms with E-state index in [1.54, 1.807) is 0 Å². The first-order chi connectivity index (χ1) is 7.79. The SMILES string of the molecule is NCCc1ccc2c(c1)C(=O)N(C1CC1)C2. The first-order valence-corrected chi connectivity index (χ1v) is 5.92. The van der Waals surface area contributed by atoms with Crippen molar-refractivity contribution in [3.05, 3.63) is 34.9 Å². The number of carbonyl (C=O) groups is 1. The Morgan fingerprint density at radius 1 is 1.38 bits per heavy atom. The molecule has 1 heterocycles. The van der Waals surface area contributed by atoms with Gasteiger partial charge in [0.15, 0.2) is 0 Å². The standard InChI is InChI=1S/C13H16N2O/c14-6-5-9-1-2-10-8-15(11-3-4-11)13(16)12(10)7-9/h1-2,7,11H,3-6,8,14H2. The molecule has 3 rings (SSSR count). The first-order valence-electron chi connectivity index (χ1n) is 5.92. The highest BCUT2D eigenvalue weighted by Gasteiger charge is 2.37. The predicted octanol–water partition coefficient (Wildman–Crippen LogP) is 1.31. The summed E-state index contributed by atoms with van der Waals surface area (Å²) < 4.78 is 0. The summed E-state index contributed by atoms with van der Waals surface area (Å²) in [4.78, 5) is 14.1. The number of carbonyl (C=O) groups excluding carboxylic acids is 1. The zero-order valence-corrected chi connectivity index (χ0v) is 9.28. The van der Waals surface area contributed by atoms with Crippen LogP contribution in [0.3, 0.4) is 0 Å². The van der Waals surface area contributed by atoms with E-state index in [2.05, 4.69) is 12.1 Å². The number of fused-ring (bicyclic) bond motifs is 1. The van der Waals surface area contributed by atoms with Crippen molar-refractivity contribution in [1.29, 1.82) is 0 Å². The van der Waals surface area contributed by atoms with Crippen LogP contribution in [0.2, 0.25) is 0 Å². The molecule has 1 aromatic carbocycles. The topological polar surface area (TPSA) is 46.3 Å². The van der Waals surface area contributed by atoms with E-state index in [4.69, 9.17) is 5.73 Å². The van der Waals surface area contributed by atoms with Gasteiger partial charge in [0.2, 0.25) is 0 Å². The number of nitrogens with two attached hydrogens (primary N) is 1. The molecule has 1 aliphatic heterocycles. The second kappa shape index (κ2) is 3.59. The van der Waals surface area contributed by atoms with Crippen LogP contribution in [0.4, 0.5) is 0 Å². The number of rotatable bonds is 3. The van der Waals surface area contributed by atoms with Crippen LogP contribution >= 0.6 is 0 Å². The highest BCUT2D eigenvalue weighted by molar-refractivity contribution is 5.98. The van der Waals surface area contributed by atoms with Gasteiger partial charge in [0.1, 0.15) is 0 Å². The van der Waals surface area contributed by atoms with E-state index in [-0.39, 0.29) is 5.91 Å². The summed E-state index contributed by atoms with van der Waals surface area (Å²) in [5.74, 6) is 0.219. The van der Waals surface area contributed by atoms with E-state index in [0.717, 1.165) is 18.5 Å². The highest BCUT2D eigenvalue weighted by Crippen LogP contribution is 2.34. The fourth-order valence-corrected chi connectivity index (χ4v) is 2.37. The predicted molar refractivity (Wildman–Crippen MR) is 62.1 cm³/mol. The smallest absolute Gasteiger partial charge is 0.254 e. The molecule has 0 bridgehead atoms. The number of hydrogen-bond donors (Lipinski definition) is 1. The van der Waals surface area contributed by atoms with Crippen LogP contribution in [0.25, 0.3) is 0 Å². The largest absolute Gasteiger partial charge is 0.331 e. The maximum atomic E-state index is 12.1. The molecule has 0 unspecified atom stereocenters. The Bertz CT molecular complexity index is 438. The zero-order chi connectivity index (χ0) is 11.1. The molecule has 84 valence electrons. The van der Waals surface area contributed by atoms with Crippen molar-refractivity contribution < 1.29 is 4.79 Å². The Labute approximate surface area is 95.2 Å². The highest BCUT2D eigenvalue weighted by atomic mass is 16.2. The van der Waals surface area contributed by atoms with Gasteiger partial charge in [-0.3, -0.25) is 4.79 Å². The average molecular weight is 216 g/mol. The lowest BCUT2D eigenvalue weighted by molar-refractivity contribution is 0.0766. The summed E-state index contributed by atoms with van der Waals surface area (Å²) in [6.07, 6.45) is 3.20. The molecule has 1 fully saturated rings. The third kappa shape index (κ3) is 1.52. The minimum atomic E-state index is 0.219. The Kier molecular flexibility index (Phi) is 2.21. The molecule has 0 spiro atoms. The minimum absolute atomic E-state index is 0.219. The van der Waals surface area contributed by atoms with Gasteiger partial charge in [-0.15, -0.1) is 0 Å². The molecule has 2 N–H and O–H groups in total. The van der Waals surface area contributed by atoms with Gasteiger partial charge in [0.05, 0.1) is 0 Å². The maximum absolute atomic E-state index is 12.1. The average Bonchev–Trinajstić information content (AvgIpc) is 3.07. The van der Waals surface area contributed by atoms with Crippen LogP contribution in [0, 0.1) is 0 Å². The van der Waals surface area contributed by atoms with E-state index in [1.807, 2.05) is 11.0 Å². The van der Waals surface area contributed by atoms with Crippen molar-refractivity contribution in [1.82, 2.24) is 4.90 Å². The molecular weight excluding hydrogens is 200 g/mol. The Morgan fingerprint density at radius 3 is 2.88 bits per heavy atom. The van der Waals surface area contributed by atoms with E-state index >= 15 is 0 Å². The van der Waals surface area contributed by atoms with Crippen LogP contribution in [0.1, 0.15) is 34.3 Å². The fourth-order valence-electron chi connectivity index (χ4n) is 2.37. The summed E-state index contributed by atoms with van der Waals surface area (Å²) in [5, 5.41) is 0. The Balaban J connectivity index is 1.90. The van der Waals surface area contributed by atoms with Crippen molar-refractivity contribution >= 4 is 5.91 Å². The summed E-state index contributed by atoms with van der Waals surface area (Å²) >= 11 is 0. The second-order valence-electron chi connectivity index (χ2n) is 4.69. The van der Waals surface area contributed by atoms with Crippen molar-refractivity contribution in [2.75, 3.05) is 6.54 Å². The van der Waals surface area contributed by atoms with Gasteiger partial charge >= 0.3 is 0 Å². The van der Waals surface area contributed by atoms with Gasteiger partial charge in [0.25, 0.3) is 5.91 Å². The van der Waals surface area contributed by atoms with Gasteiger partial charge < -0.3 is 10.6 Å². The molecule has 0 saturated heterocycles. The van der Waals surface area contributed by atoms with Crippen molar-refractivity contribution in [2.45, 2.75) is 31.8 Å². The van der Waals surface area contributed by atoms with Gasteiger partial charge in [-0.1, -0.05) is 12.1 Å². The fraction of sp³-hybridized carbons (Fsp3) is 0.462. The van der Waals surface area contributed by atoms with E-state index in [0.29, 0.717) is 12.6 Å². The maximum Gasteiger partial charge on any atom is 0.254 e.